The van der Waals surface area contributed by atoms with Crippen molar-refractivity contribution in [3.05, 3.63) is 0 Å². The summed E-state index contributed by atoms with van der Waals surface area (Å²) in [5, 5.41) is 3.33. The number of carbonyl (C=O) groups is 2. The Morgan fingerprint density at radius 2 is 1.57 bits per heavy atom. The normalized spacial score (nSPS) is 25.2. The molecule has 1 aliphatic heterocycles. The second kappa shape index (κ2) is 9.35. The fourth-order valence-corrected chi connectivity index (χ4v) is 3.06. The van der Waals surface area contributed by atoms with Gasteiger partial charge in [-0.2, -0.15) is 0 Å². The van der Waals surface area contributed by atoms with Crippen LogP contribution in [0.25, 0.3) is 0 Å². The van der Waals surface area contributed by atoms with Gasteiger partial charge < -0.3 is 19.7 Å². The van der Waals surface area contributed by atoms with Crippen LogP contribution in [0.2, 0.25) is 0 Å². The quantitative estimate of drug-likeness (QED) is 0.688. The van der Waals surface area contributed by atoms with Crippen molar-refractivity contribution in [3.8, 4) is 0 Å². The molecule has 23 heavy (non-hydrogen) atoms. The van der Waals surface area contributed by atoms with Gasteiger partial charge in [0.15, 0.2) is 5.78 Å². The summed E-state index contributed by atoms with van der Waals surface area (Å²) in [6.07, 6.45) is 4.45. The highest BCUT2D eigenvalue weighted by Crippen LogP contribution is 2.23. The number of Topliss-reactive ketones (excluding diaryl/α,β-unsaturated/α-hetero) is 1. The van der Waals surface area contributed by atoms with Crippen LogP contribution in [0.5, 0.6) is 0 Å². The third kappa shape index (κ3) is 5.86. The molecule has 1 saturated heterocycles. The Kier molecular flexibility index (Phi) is 7.46. The molecule has 6 nitrogen and oxygen atoms in total. The van der Waals surface area contributed by atoms with Crippen molar-refractivity contribution < 1.29 is 19.1 Å². The number of carbonyl (C=O) groups excluding carboxylic acids is 2. The van der Waals surface area contributed by atoms with Crippen LogP contribution in [0.4, 0.5) is 0 Å². The Morgan fingerprint density at radius 3 is 2.09 bits per heavy atom. The first-order chi connectivity index (χ1) is 11.1. The number of ketones is 1. The first-order valence-electron chi connectivity index (χ1n) is 8.88. The van der Waals surface area contributed by atoms with E-state index in [0.717, 1.165) is 45.3 Å². The minimum absolute atomic E-state index is 0.0890. The van der Waals surface area contributed by atoms with Crippen molar-refractivity contribution in [3.63, 3.8) is 0 Å². The molecule has 1 saturated carbocycles. The Labute approximate surface area is 138 Å². The van der Waals surface area contributed by atoms with E-state index in [9.17, 15) is 9.59 Å². The largest absolute Gasteiger partial charge is 0.370 e. The average molecular weight is 326 g/mol. The summed E-state index contributed by atoms with van der Waals surface area (Å²) in [6, 6.07) is 0.447. The molecule has 0 bridgehead atoms. The summed E-state index contributed by atoms with van der Waals surface area (Å²) in [5.74, 6) is 0.241. The molecule has 2 aliphatic rings. The molecule has 2 rings (SSSR count). The zero-order valence-corrected chi connectivity index (χ0v) is 14.4. The van der Waals surface area contributed by atoms with Crippen LogP contribution in [-0.2, 0) is 19.1 Å². The molecule has 1 aliphatic carbocycles. The number of likely N-dealkylation sites (N-methyl/N-ethyl adjacent to an activating group) is 1. The van der Waals surface area contributed by atoms with Crippen molar-refractivity contribution in [1.29, 1.82) is 0 Å². The fourth-order valence-electron chi connectivity index (χ4n) is 3.06. The number of hydrogen-bond acceptors (Lipinski definition) is 5. The summed E-state index contributed by atoms with van der Waals surface area (Å²) in [6.45, 7) is 6.87. The van der Waals surface area contributed by atoms with Crippen molar-refractivity contribution >= 4 is 11.7 Å². The molecule has 2 fully saturated rings. The monoisotopic (exact) mass is 326 g/mol. The lowest BCUT2D eigenvalue weighted by atomic mass is 9.95. The topological polar surface area (TPSA) is 67.9 Å². The van der Waals surface area contributed by atoms with E-state index in [1.54, 1.807) is 0 Å². The van der Waals surface area contributed by atoms with E-state index in [0.29, 0.717) is 12.5 Å². The maximum Gasteiger partial charge on any atom is 0.248 e. The van der Waals surface area contributed by atoms with Gasteiger partial charge in [0.1, 0.15) is 13.2 Å². The number of ether oxygens (including phenoxy) is 2. The fraction of sp³-hybridized carbons (Fsp3) is 0.882. The van der Waals surface area contributed by atoms with Crippen LogP contribution in [0, 0.1) is 0 Å². The molecule has 6 heteroatoms. The van der Waals surface area contributed by atoms with E-state index in [1.807, 2.05) is 11.8 Å². The van der Waals surface area contributed by atoms with Gasteiger partial charge >= 0.3 is 0 Å². The molecule has 1 amide bonds. The highest BCUT2D eigenvalue weighted by Gasteiger charge is 2.30. The maximum atomic E-state index is 12.0. The predicted octanol–water partition coefficient (Wildman–Crippen LogP) is 1.13. The standard InChI is InChI=1S/C17H30N2O4/c1-3-14(20)11-22-15-5-7-16(8-6-15)23-12-17(21)19-9-13(10-19)18-4-2/h13,15-16,18H,3-12H2,1-2H3. The van der Waals surface area contributed by atoms with Gasteiger partial charge in [0.25, 0.3) is 0 Å². The minimum Gasteiger partial charge on any atom is -0.370 e. The van der Waals surface area contributed by atoms with Gasteiger partial charge in [-0.1, -0.05) is 13.8 Å². The summed E-state index contributed by atoms with van der Waals surface area (Å²) in [7, 11) is 0. The molecule has 132 valence electrons. The summed E-state index contributed by atoms with van der Waals surface area (Å²) in [4.78, 5) is 25.1. The second-order valence-corrected chi connectivity index (χ2v) is 6.47. The highest BCUT2D eigenvalue weighted by molar-refractivity contribution is 5.79. The zero-order chi connectivity index (χ0) is 16.7. The maximum absolute atomic E-state index is 12.0. The summed E-state index contributed by atoms with van der Waals surface area (Å²) < 4.78 is 11.4. The third-order valence-corrected chi connectivity index (χ3v) is 4.67. The number of likely N-dealkylation sites (tertiary alicyclic amines) is 1. The van der Waals surface area contributed by atoms with Crippen LogP contribution in [-0.4, -0.2) is 67.7 Å². The second-order valence-electron chi connectivity index (χ2n) is 6.47. The predicted molar refractivity (Wildman–Crippen MR) is 87.3 cm³/mol. The van der Waals surface area contributed by atoms with Crippen molar-refractivity contribution in [2.45, 2.75) is 64.2 Å². The molecular formula is C17H30N2O4. The summed E-state index contributed by atoms with van der Waals surface area (Å²) in [5.41, 5.74) is 0. The molecule has 0 aromatic carbocycles. The number of nitrogens with zero attached hydrogens (tertiary/aromatic N) is 1. The van der Waals surface area contributed by atoms with E-state index in [-0.39, 0.29) is 37.1 Å². The van der Waals surface area contributed by atoms with Crippen molar-refractivity contribution in [2.24, 2.45) is 0 Å². The molecule has 0 radical (unpaired) electrons. The van der Waals surface area contributed by atoms with E-state index < -0.39 is 0 Å². The zero-order valence-electron chi connectivity index (χ0n) is 14.4. The molecule has 1 N–H and O–H groups in total. The lowest BCUT2D eigenvalue weighted by Gasteiger charge is -2.40. The molecular weight excluding hydrogens is 296 g/mol. The third-order valence-electron chi connectivity index (χ3n) is 4.67. The molecule has 0 spiro atoms. The number of nitrogens with one attached hydrogen (secondary N) is 1. The molecule has 0 atom stereocenters. The Morgan fingerprint density at radius 1 is 1.00 bits per heavy atom. The van der Waals surface area contributed by atoms with Crippen molar-refractivity contribution in [1.82, 2.24) is 10.2 Å². The minimum atomic E-state index is 0.0890. The number of amides is 1. The lowest BCUT2D eigenvalue weighted by molar-refractivity contribution is -0.144. The van der Waals surface area contributed by atoms with E-state index in [1.165, 1.54) is 0 Å². The highest BCUT2D eigenvalue weighted by atomic mass is 16.5. The first kappa shape index (κ1) is 18.4. The van der Waals surface area contributed by atoms with Crippen LogP contribution < -0.4 is 5.32 Å². The summed E-state index contributed by atoms with van der Waals surface area (Å²) >= 11 is 0. The van der Waals surface area contributed by atoms with Gasteiger partial charge in [0.2, 0.25) is 5.91 Å². The number of rotatable bonds is 9. The van der Waals surface area contributed by atoms with Gasteiger partial charge in [0, 0.05) is 25.6 Å². The molecule has 0 aromatic heterocycles. The van der Waals surface area contributed by atoms with Gasteiger partial charge in [0.05, 0.1) is 12.2 Å². The van der Waals surface area contributed by atoms with Gasteiger partial charge in [-0.15, -0.1) is 0 Å². The lowest BCUT2D eigenvalue weighted by Crippen LogP contribution is -2.60. The van der Waals surface area contributed by atoms with Crippen LogP contribution in [0.3, 0.4) is 0 Å². The number of hydrogen-bond donors (Lipinski definition) is 1. The molecule has 0 unspecified atom stereocenters. The van der Waals surface area contributed by atoms with Gasteiger partial charge in [-0.05, 0) is 32.2 Å². The van der Waals surface area contributed by atoms with Gasteiger partial charge in [-0.25, -0.2) is 0 Å². The van der Waals surface area contributed by atoms with Crippen LogP contribution >= 0.6 is 0 Å². The van der Waals surface area contributed by atoms with E-state index in [4.69, 9.17) is 9.47 Å². The van der Waals surface area contributed by atoms with Crippen LogP contribution in [0.1, 0.15) is 46.0 Å². The first-order valence-corrected chi connectivity index (χ1v) is 8.88. The molecule has 0 aromatic rings. The molecule has 1 heterocycles. The van der Waals surface area contributed by atoms with Crippen molar-refractivity contribution in [2.75, 3.05) is 32.8 Å². The van der Waals surface area contributed by atoms with Gasteiger partial charge in [-0.3, -0.25) is 9.59 Å². The Balaban J connectivity index is 1.54. The van der Waals surface area contributed by atoms with E-state index >= 15 is 0 Å². The smallest absolute Gasteiger partial charge is 0.248 e. The Bertz CT molecular complexity index is 388. The van der Waals surface area contributed by atoms with Crippen LogP contribution in [0.15, 0.2) is 0 Å². The van der Waals surface area contributed by atoms with E-state index in [2.05, 4.69) is 12.2 Å². The SMILES string of the molecule is CCNC1CN(C(=O)COC2CCC(OCC(=O)CC)CC2)C1. The average Bonchev–Trinajstić information content (AvgIpc) is 2.54. The Hall–Kier alpha value is -0.980.